The molecule has 2 rings (SSSR count). The number of aryl methyl sites for hydroxylation is 1. The van der Waals surface area contributed by atoms with Crippen LogP contribution in [0.15, 0.2) is 17.0 Å². The SMILES string of the molecule is Cc1cc(S(=O)(=O)Cl)cc(C(=O)NC2(C)CCCC2)c1F. The third-order valence-electron chi connectivity index (χ3n) is 3.88. The highest BCUT2D eigenvalue weighted by molar-refractivity contribution is 8.13. The molecule has 0 atom stereocenters. The molecule has 116 valence electrons. The minimum absolute atomic E-state index is 0.0680. The van der Waals surface area contributed by atoms with E-state index in [2.05, 4.69) is 5.32 Å². The number of halogens is 2. The number of benzene rings is 1. The van der Waals surface area contributed by atoms with Crippen LogP contribution in [0, 0.1) is 12.7 Å². The maximum atomic E-state index is 14.1. The molecule has 1 aromatic carbocycles. The van der Waals surface area contributed by atoms with Crippen LogP contribution in [-0.2, 0) is 9.05 Å². The minimum atomic E-state index is -4.02. The molecule has 0 bridgehead atoms. The fourth-order valence-electron chi connectivity index (χ4n) is 2.66. The largest absolute Gasteiger partial charge is 0.347 e. The van der Waals surface area contributed by atoms with Gasteiger partial charge >= 0.3 is 0 Å². The van der Waals surface area contributed by atoms with Crippen LogP contribution in [0.3, 0.4) is 0 Å². The Balaban J connectivity index is 2.38. The van der Waals surface area contributed by atoms with E-state index >= 15 is 0 Å². The Morgan fingerprint density at radius 3 is 2.43 bits per heavy atom. The predicted octanol–water partition coefficient (Wildman–Crippen LogP) is 3.12. The lowest BCUT2D eigenvalue weighted by molar-refractivity contribution is 0.0903. The zero-order chi connectivity index (χ0) is 15.8. The summed E-state index contributed by atoms with van der Waals surface area (Å²) >= 11 is 0. The zero-order valence-corrected chi connectivity index (χ0v) is 13.4. The van der Waals surface area contributed by atoms with Crippen molar-refractivity contribution in [2.75, 3.05) is 0 Å². The third-order valence-corrected chi connectivity index (χ3v) is 5.21. The molecule has 21 heavy (non-hydrogen) atoms. The third kappa shape index (κ3) is 3.55. The quantitative estimate of drug-likeness (QED) is 0.864. The first kappa shape index (κ1) is 16.2. The summed E-state index contributed by atoms with van der Waals surface area (Å²) in [7, 11) is 1.26. The van der Waals surface area contributed by atoms with Crippen molar-refractivity contribution < 1.29 is 17.6 Å². The lowest BCUT2D eigenvalue weighted by atomic mass is 9.99. The van der Waals surface area contributed by atoms with Crippen LogP contribution < -0.4 is 5.32 Å². The van der Waals surface area contributed by atoms with E-state index in [4.69, 9.17) is 10.7 Å². The Labute approximate surface area is 128 Å². The Morgan fingerprint density at radius 2 is 1.90 bits per heavy atom. The zero-order valence-electron chi connectivity index (χ0n) is 11.9. The normalized spacial score (nSPS) is 17.7. The molecule has 7 heteroatoms. The van der Waals surface area contributed by atoms with Crippen molar-refractivity contribution in [3.63, 3.8) is 0 Å². The van der Waals surface area contributed by atoms with E-state index in [1.165, 1.54) is 6.92 Å². The number of amides is 1. The number of rotatable bonds is 3. The minimum Gasteiger partial charge on any atom is -0.347 e. The van der Waals surface area contributed by atoms with Gasteiger partial charge in [-0.25, -0.2) is 12.8 Å². The molecule has 1 saturated carbocycles. The standard InChI is InChI=1S/C14H17ClFNO3S/c1-9-7-10(21(15,19)20)8-11(12(9)16)13(18)17-14(2)5-3-4-6-14/h7-8H,3-6H2,1-2H3,(H,17,18). The van der Waals surface area contributed by atoms with Gasteiger partial charge in [-0.3, -0.25) is 4.79 Å². The van der Waals surface area contributed by atoms with E-state index in [1.54, 1.807) is 0 Å². The van der Waals surface area contributed by atoms with Gasteiger partial charge < -0.3 is 5.32 Å². The van der Waals surface area contributed by atoms with Crippen LogP contribution in [0.1, 0.15) is 48.5 Å². The summed E-state index contributed by atoms with van der Waals surface area (Å²) in [4.78, 5) is 12.0. The van der Waals surface area contributed by atoms with Crippen molar-refractivity contribution in [2.24, 2.45) is 0 Å². The molecule has 0 heterocycles. The molecular weight excluding hydrogens is 317 g/mol. The maximum Gasteiger partial charge on any atom is 0.261 e. The smallest absolute Gasteiger partial charge is 0.261 e. The van der Waals surface area contributed by atoms with Gasteiger partial charge in [0.05, 0.1) is 10.5 Å². The average Bonchev–Trinajstić information content (AvgIpc) is 2.77. The second kappa shape index (κ2) is 5.57. The van der Waals surface area contributed by atoms with Crippen molar-refractivity contribution in [1.29, 1.82) is 0 Å². The van der Waals surface area contributed by atoms with E-state index in [0.717, 1.165) is 37.8 Å². The Hall–Kier alpha value is -1.14. The van der Waals surface area contributed by atoms with Crippen LogP contribution in [-0.4, -0.2) is 19.9 Å². The highest BCUT2D eigenvalue weighted by Gasteiger charge is 2.31. The van der Waals surface area contributed by atoms with Crippen LogP contribution in [0.25, 0.3) is 0 Å². The number of hydrogen-bond donors (Lipinski definition) is 1. The second-order valence-corrected chi connectivity index (χ2v) is 8.33. The van der Waals surface area contributed by atoms with Gasteiger partial charge in [0.2, 0.25) is 0 Å². The summed E-state index contributed by atoms with van der Waals surface area (Å²) in [6.45, 7) is 3.31. The summed E-state index contributed by atoms with van der Waals surface area (Å²) in [5.41, 5.74) is -0.589. The van der Waals surface area contributed by atoms with Crippen molar-refractivity contribution >= 4 is 25.6 Å². The van der Waals surface area contributed by atoms with Gasteiger partial charge in [-0.15, -0.1) is 0 Å². The first-order chi connectivity index (χ1) is 9.62. The van der Waals surface area contributed by atoms with Crippen LogP contribution in [0.2, 0.25) is 0 Å². The summed E-state index contributed by atoms with van der Waals surface area (Å²) in [6.07, 6.45) is 3.67. The Bertz CT molecular complexity index is 682. The topological polar surface area (TPSA) is 63.2 Å². The molecule has 1 N–H and O–H groups in total. The molecule has 0 spiro atoms. The van der Waals surface area contributed by atoms with Crippen LogP contribution in [0.4, 0.5) is 4.39 Å². The Kier molecular flexibility index (Phi) is 4.31. The summed E-state index contributed by atoms with van der Waals surface area (Å²) in [6, 6.07) is 2.10. The highest BCUT2D eigenvalue weighted by Crippen LogP contribution is 2.30. The Morgan fingerprint density at radius 1 is 1.33 bits per heavy atom. The van der Waals surface area contributed by atoms with Gasteiger partial charge in [0.1, 0.15) is 5.82 Å². The molecule has 0 aliphatic heterocycles. The molecule has 1 aromatic rings. The molecule has 1 amide bonds. The molecule has 0 radical (unpaired) electrons. The van der Waals surface area contributed by atoms with E-state index in [0.29, 0.717) is 0 Å². The number of carbonyl (C=O) groups excluding carboxylic acids is 1. The molecular formula is C14H17ClFNO3S. The van der Waals surface area contributed by atoms with Crippen LogP contribution in [0.5, 0.6) is 0 Å². The fraction of sp³-hybridized carbons (Fsp3) is 0.500. The van der Waals surface area contributed by atoms with Crippen molar-refractivity contribution in [1.82, 2.24) is 5.32 Å². The summed E-state index contributed by atoms with van der Waals surface area (Å²) in [5, 5.41) is 2.80. The van der Waals surface area contributed by atoms with Gasteiger partial charge in [0, 0.05) is 16.2 Å². The van der Waals surface area contributed by atoms with Gasteiger partial charge in [0.15, 0.2) is 0 Å². The van der Waals surface area contributed by atoms with Crippen LogP contribution >= 0.6 is 10.7 Å². The molecule has 0 aromatic heterocycles. The predicted molar refractivity (Wildman–Crippen MR) is 78.5 cm³/mol. The van der Waals surface area contributed by atoms with Crippen molar-refractivity contribution in [3.8, 4) is 0 Å². The van der Waals surface area contributed by atoms with Crippen molar-refractivity contribution in [2.45, 2.75) is 50.0 Å². The molecule has 1 aliphatic carbocycles. The maximum absolute atomic E-state index is 14.1. The molecule has 1 aliphatic rings. The lowest BCUT2D eigenvalue weighted by Crippen LogP contribution is -2.44. The van der Waals surface area contributed by atoms with Gasteiger partial charge in [-0.05, 0) is 44.4 Å². The molecule has 0 saturated heterocycles. The molecule has 0 unspecified atom stereocenters. The second-order valence-electron chi connectivity index (χ2n) is 5.76. The highest BCUT2D eigenvalue weighted by atomic mass is 35.7. The summed E-state index contributed by atoms with van der Waals surface area (Å²) < 4.78 is 36.9. The lowest BCUT2D eigenvalue weighted by Gasteiger charge is -2.25. The fourth-order valence-corrected chi connectivity index (χ4v) is 3.51. The average molecular weight is 334 g/mol. The number of hydrogen-bond acceptors (Lipinski definition) is 3. The van der Waals surface area contributed by atoms with Crippen molar-refractivity contribution in [3.05, 3.63) is 29.1 Å². The van der Waals surface area contributed by atoms with E-state index in [-0.39, 0.29) is 21.6 Å². The van der Waals surface area contributed by atoms with E-state index in [1.807, 2.05) is 6.92 Å². The van der Waals surface area contributed by atoms with Gasteiger partial charge in [0.25, 0.3) is 15.0 Å². The van der Waals surface area contributed by atoms with Gasteiger partial charge in [-0.1, -0.05) is 12.8 Å². The number of carbonyl (C=O) groups is 1. The number of nitrogens with one attached hydrogen (secondary N) is 1. The molecule has 1 fully saturated rings. The first-order valence-corrected chi connectivity index (χ1v) is 9.01. The first-order valence-electron chi connectivity index (χ1n) is 6.70. The monoisotopic (exact) mass is 333 g/mol. The van der Waals surface area contributed by atoms with Gasteiger partial charge in [-0.2, -0.15) is 0 Å². The van der Waals surface area contributed by atoms with E-state index < -0.39 is 20.8 Å². The molecule has 4 nitrogen and oxygen atoms in total. The summed E-state index contributed by atoms with van der Waals surface area (Å²) in [5.74, 6) is -1.33. The van der Waals surface area contributed by atoms with E-state index in [9.17, 15) is 17.6 Å².